The van der Waals surface area contributed by atoms with Crippen molar-refractivity contribution in [3.05, 3.63) is 89.2 Å². The highest BCUT2D eigenvalue weighted by molar-refractivity contribution is 7.92. The van der Waals surface area contributed by atoms with Crippen LogP contribution in [0.3, 0.4) is 0 Å². The van der Waals surface area contributed by atoms with E-state index >= 15 is 0 Å². The van der Waals surface area contributed by atoms with E-state index in [1.807, 2.05) is 19.9 Å². The van der Waals surface area contributed by atoms with Crippen LogP contribution in [0.2, 0.25) is 0 Å². The fourth-order valence-electron chi connectivity index (χ4n) is 2.93. The molecule has 8 nitrogen and oxygen atoms in total. The van der Waals surface area contributed by atoms with Gasteiger partial charge in [0.1, 0.15) is 11.6 Å². The standard InChI is InChI=1S/C23H22FN3O5S/c1-15-11-16(2)13-18(12-15)32-14-22(28)25-26-23(29)17-7-9-19(10-8-17)33(30,31)27-21-6-4-3-5-20(21)24/h3-13,27H,14H2,1-2H3,(H,25,28)(H,26,29). The summed E-state index contributed by atoms with van der Waals surface area (Å²) in [6, 6.07) is 15.8. The second-order valence-electron chi connectivity index (χ2n) is 7.22. The smallest absolute Gasteiger partial charge is 0.276 e. The van der Waals surface area contributed by atoms with Gasteiger partial charge in [-0.3, -0.25) is 25.2 Å². The zero-order valence-electron chi connectivity index (χ0n) is 17.9. The fraction of sp³-hybridized carbons (Fsp3) is 0.130. The van der Waals surface area contributed by atoms with Crippen LogP contribution in [0.4, 0.5) is 10.1 Å². The number of aryl methyl sites for hydroxylation is 2. The minimum Gasteiger partial charge on any atom is -0.484 e. The van der Waals surface area contributed by atoms with E-state index in [-0.39, 0.29) is 22.8 Å². The molecule has 3 N–H and O–H groups in total. The Bertz CT molecular complexity index is 1260. The largest absolute Gasteiger partial charge is 0.484 e. The Labute approximate surface area is 190 Å². The molecule has 0 aliphatic rings. The number of para-hydroxylation sites is 1. The number of carbonyl (C=O) groups excluding carboxylic acids is 2. The Balaban J connectivity index is 1.54. The van der Waals surface area contributed by atoms with Crippen LogP contribution in [0.25, 0.3) is 0 Å². The van der Waals surface area contributed by atoms with Crippen LogP contribution >= 0.6 is 0 Å². The van der Waals surface area contributed by atoms with Crippen LogP contribution in [0, 0.1) is 19.7 Å². The molecular weight excluding hydrogens is 449 g/mol. The first-order valence-electron chi connectivity index (χ1n) is 9.82. The van der Waals surface area contributed by atoms with E-state index in [2.05, 4.69) is 15.6 Å². The Morgan fingerprint density at radius 1 is 0.909 bits per heavy atom. The molecule has 0 radical (unpaired) electrons. The molecule has 0 aliphatic heterocycles. The molecule has 0 bridgehead atoms. The number of benzene rings is 3. The van der Waals surface area contributed by atoms with Crippen molar-refractivity contribution in [3.8, 4) is 5.75 Å². The van der Waals surface area contributed by atoms with E-state index < -0.39 is 27.7 Å². The summed E-state index contributed by atoms with van der Waals surface area (Å²) in [7, 11) is -4.05. The normalized spacial score (nSPS) is 10.9. The van der Waals surface area contributed by atoms with Crippen molar-refractivity contribution >= 4 is 27.5 Å². The average Bonchev–Trinajstić information content (AvgIpc) is 2.77. The molecule has 0 spiro atoms. The number of hydrogen-bond donors (Lipinski definition) is 3. The topological polar surface area (TPSA) is 114 Å². The van der Waals surface area contributed by atoms with Gasteiger partial charge in [0.05, 0.1) is 10.6 Å². The zero-order valence-corrected chi connectivity index (χ0v) is 18.7. The van der Waals surface area contributed by atoms with Crippen LogP contribution < -0.4 is 20.3 Å². The van der Waals surface area contributed by atoms with Crippen LogP contribution in [-0.4, -0.2) is 26.8 Å². The SMILES string of the molecule is Cc1cc(C)cc(OCC(=O)NNC(=O)c2ccc(S(=O)(=O)Nc3ccccc3F)cc2)c1. The molecule has 0 heterocycles. The first-order chi connectivity index (χ1) is 15.6. The van der Waals surface area contributed by atoms with Gasteiger partial charge in [0.25, 0.3) is 21.8 Å². The highest BCUT2D eigenvalue weighted by atomic mass is 32.2. The van der Waals surface area contributed by atoms with Crippen molar-refractivity contribution in [3.63, 3.8) is 0 Å². The molecule has 0 aliphatic carbocycles. The Kier molecular flexibility index (Phi) is 7.29. The number of amides is 2. The van der Waals surface area contributed by atoms with E-state index in [0.29, 0.717) is 5.75 Å². The summed E-state index contributed by atoms with van der Waals surface area (Å²) in [5, 5.41) is 0. The number of sulfonamides is 1. The summed E-state index contributed by atoms with van der Waals surface area (Å²) < 4.78 is 46.1. The molecule has 33 heavy (non-hydrogen) atoms. The molecule has 0 aromatic heterocycles. The van der Waals surface area contributed by atoms with Crippen molar-refractivity contribution in [1.29, 1.82) is 0 Å². The lowest BCUT2D eigenvalue weighted by Gasteiger charge is -2.11. The summed E-state index contributed by atoms with van der Waals surface area (Å²) in [6.45, 7) is 3.52. The van der Waals surface area contributed by atoms with Crippen molar-refractivity contribution in [1.82, 2.24) is 10.9 Å². The third kappa shape index (κ3) is 6.53. The van der Waals surface area contributed by atoms with E-state index in [1.54, 1.807) is 12.1 Å². The molecule has 3 aromatic carbocycles. The van der Waals surface area contributed by atoms with E-state index in [4.69, 9.17) is 4.74 Å². The lowest BCUT2D eigenvalue weighted by Crippen LogP contribution is -2.43. The minimum atomic E-state index is -4.05. The molecule has 172 valence electrons. The van der Waals surface area contributed by atoms with Crippen LogP contribution in [0.5, 0.6) is 5.75 Å². The molecule has 0 atom stereocenters. The predicted octanol–water partition coefficient (Wildman–Crippen LogP) is 3.08. The molecule has 0 fully saturated rings. The van der Waals surface area contributed by atoms with E-state index in [1.165, 1.54) is 42.5 Å². The van der Waals surface area contributed by atoms with Crippen LogP contribution in [0.1, 0.15) is 21.5 Å². The second-order valence-corrected chi connectivity index (χ2v) is 8.91. The maximum Gasteiger partial charge on any atom is 0.276 e. The Hall–Kier alpha value is -3.92. The van der Waals surface area contributed by atoms with E-state index in [0.717, 1.165) is 17.2 Å². The van der Waals surface area contributed by atoms with Crippen molar-refractivity contribution in [2.75, 3.05) is 11.3 Å². The molecule has 0 unspecified atom stereocenters. The predicted molar refractivity (Wildman–Crippen MR) is 121 cm³/mol. The number of hydrogen-bond acceptors (Lipinski definition) is 5. The van der Waals surface area contributed by atoms with Gasteiger partial charge >= 0.3 is 0 Å². The van der Waals surface area contributed by atoms with Gasteiger partial charge in [-0.25, -0.2) is 12.8 Å². The van der Waals surface area contributed by atoms with Crippen molar-refractivity contribution < 1.29 is 27.1 Å². The number of carbonyl (C=O) groups is 2. The van der Waals surface area contributed by atoms with Gasteiger partial charge in [-0.15, -0.1) is 0 Å². The first kappa shape index (κ1) is 23.7. The third-order valence-corrected chi connectivity index (χ3v) is 5.81. The molecular formula is C23H22FN3O5S. The van der Waals surface area contributed by atoms with Gasteiger partial charge < -0.3 is 4.74 Å². The number of nitrogens with one attached hydrogen (secondary N) is 3. The quantitative estimate of drug-likeness (QED) is 0.459. The van der Waals surface area contributed by atoms with Crippen molar-refractivity contribution in [2.45, 2.75) is 18.7 Å². The number of anilines is 1. The van der Waals surface area contributed by atoms with Gasteiger partial charge in [-0.1, -0.05) is 18.2 Å². The summed E-state index contributed by atoms with van der Waals surface area (Å²) >= 11 is 0. The lowest BCUT2D eigenvalue weighted by molar-refractivity contribution is -0.123. The van der Waals surface area contributed by atoms with Crippen LogP contribution in [0.15, 0.2) is 71.6 Å². The Morgan fingerprint density at radius 3 is 2.18 bits per heavy atom. The summed E-state index contributed by atoms with van der Waals surface area (Å²) in [4.78, 5) is 24.0. The number of halogens is 1. The van der Waals surface area contributed by atoms with Gasteiger partial charge in [0.15, 0.2) is 6.61 Å². The molecule has 2 amide bonds. The van der Waals surface area contributed by atoms with Crippen LogP contribution in [-0.2, 0) is 14.8 Å². The Morgan fingerprint density at radius 2 is 1.55 bits per heavy atom. The number of hydrazine groups is 1. The van der Waals surface area contributed by atoms with Crippen molar-refractivity contribution in [2.24, 2.45) is 0 Å². The van der Waals surface area contributed by atoms with Gasteiger partial charge in [0.2, 0.25) is 0 Å². The molecule has 10 heteroatoms. The number of ether oxygens (including phenoxy) is 1. The minimum absolute atomic E-state index is 0.107. The van der Waals surface area contributed by atoms with E-state index in [9.17, 15) is 22.4 Å². The average molecular weight is 472 g/mol. The summed E-state index contributed by atoms with van der Waals surface area (Å²) in [5.74, 6) is -1.40. The molecule has 3 aromatic rings. The summed E-state index contributed by atoms with van der Waals surface area (Å²) in [6.07, 6.45) is 0. The molecule has 3 rings (SSSR count). The third-order valence-electron chi connectivity index (χ3n) is 4.43. The monoisotopic (exact) mass is 471 g/mol. The van der Waals surface area contributed by atoms with Gasteiger partial charge in [0, 0.05) is 5.56 Å². The summed E-state index contributed by atoms with van der Waals surface area (Å²) in [5.41, 5.74) is 6.36. The highest BCUT2D eigenvalue weighted by Crippen LogP contribution is 2.19. The highest BCUT2D eigenvalue weighted by Gasteiger charge is 2.17. The van der Waals surface area contributed by atoms with Gasteiger partial charge in [-0.2, -0.15) is 0 Å². The molecule has 0 saturated heterocycles. The molecule has 0 saturated carbocycles. The second kappa shape index (κ2) is 10.1. The maximum absolute atomic E-state index is 13.7. The lowest BCUT2D eigenvalue weighted by atomic mass is 10.1. The zero-order chi connectivity index (χ0) is 24.0. The maximum atomic E-state index is 13.7. The number of rotatable bonds is 7. The first-order valence-corrected chi connectivity index (χ1v) is 11.3. The van der Waals surface area contributed by atoms with Gasteiger partial charge in [-0.05, 0) is 73.5 Å². The fourth-order valence-corrected chi connectivity index (χ4v) is 4.00.